The molecule has 2 heterocycles. The first kappa shape index (κ1) is 16.4. The van der Waals surface area contributed by atoms with Gasteiger partial charge in [-0.2, -0.15) is 4.98 Å². The molecule has 0 aliphatic carbocycles. The van der Waals surface area contributed by atoms with Gasteiger partial charge < -0.3 is 15.2 Å². The first-order chi connectivity index (χ1) is 10.1. The molecule has 4 atom stereocenters. The maximum Gasteiger partial charge on any atom is 0.351 e. The minimum absolute atomic E-state index is 0.0449. The van der Waals surface area contributed by atoms with E-state index >= 15 is 0 Å². The number of hydrogen-bond acceptors (Lipinski definition) is 6. The quantitative estimate of drug-likeness (QED) is 0.847. The molecule has 1 aromatic heterocycles. The molecule has 1 aliphatic rings. The van der Waals surface area contributed by atoms with Gasteiger partial charge in [-0.3, -0.25) is 9.36 Å². The summed E-state index contributed by atoms with van der Waals surface area (Å²) < 4.78 is 26.9. The van der Waals surface area contributed by atoms with Crippen LogP contribution in [0.25, 0.3) is 0 Å². The molecule has 2 rings (SSSR count). The van der Waals surface area contributed by atoms with E-state index in [1.807, 2.05) is 0 Å². The van der Waals surface area contributed by atoms with Crippen molar-refractivity contribution in [3.05, 3.63) is 22.7 Å². The fourth-order valence-electron chi connectivity index (χ4n) is 2.82. The highest BCUT2D eigenvalue weighted by Crippen LogP contribution is 2.52. The van der Waals surface area contributed by atoms with Gasteiger partial charge in [0.2, 0.25) is 5.85 Å². The molecule has 0 amide bonds. The van der Waals surface area contributed by atoms with Gasteiger partial charge in [0.1, 0.15) is 5.82 Å². The molecule has 0 spiro atoms. The van der Waals surface area contributed by atoms with Gasteiger partial charge in [-0.25, -0.2) is 9.18 Å². The van der Waals surface area contributed by atoms with Crippen molar-refractivity contribution in [3.63, 3.8) is 0 Å². The van der Waals surface area contributed by atoms with E-state index in [-0.39, 0.29) is 12.2 Å². The SMILES string of the molecule is CC[C@@]1(F)O[C@@H](n2ccc(N)nc2=O)[C@](C)(OC(C)=O)[C@@H]1C. The maximum atomic E-state index is 15.0. The average Bonchev–Trinajstić information content (AvgIpc) is 2.61. The predicted molar refractivity (Wildman–Crippen MR) is 76.5 cm³/mol. The van der Waals surface area contributed by atoms with Crippen LogP contribution in [0.2, 0.25) is 0 Å². The number of carbonyl (C=O) groups excluding carboxylic acids is 1. The summed E-state index contributed by atoms with van der Waals surface area (Å²) in [7, 11) is 0. The summed E-state index contributed by atoms with van der Waals surface area (Å²) in [5.41, 5.74) is 3.41. The van der Waals surface area contributed by atoms with Gasteiger partial charge in [0.25, 0.3) is 0 Å². The fourth-order valence-corrected chi connectivity index (χ4v) is 2.82. The Balaban J connectivity index is 2.56. The Kier molecular flexibility index (Phi) is 3.99. The number of carbonyl (C=O) groups is 1. The third-order valence-electron chi connectivity index (χ3n) is 4.25. The number of aromatic nitrogens is 2. The molecule has 0 bridgehead atoms. The number of rotatable bonds is 3. The van der Waals surface area contributed by atoms with Crippen LogP contribution >= 0.6 is 0 Å². The lowest BCUT2D eigenvalue weighted by molar-refractivity contribution is -0.184. The number of esters is 1. The highest BCUT2D eigenvalue weighted by Gasteiger charge is 2.63. The molecule has 0 unspecified atom stereocenters. The second-order valence-corrected chi connectivity index (χ2v) is 5.65. The molecule has 0 aromatic carbocycles. The molecule has 1 fully saturated rings. The molecule has 7 nitrogen and oxygen atoms in total. The molecule has 1 aliphatic heterocycles. The molecule has 122 valence electrons. The van der Waals surface area contributed by atoms with Gasteiger partial charge in [0.05, 0.1) is 5.92 Å². The monoisotopic (exact) mass is 313 g/mol. The fraction of sp³-hybridized carbons (Fsp3) is 0.643. The number of nitrogens with two attached hydrogens (primary N) is 1. The van der Waals surface area contributed by atoms with Crippen molar-refractivity contribution in [3.8, 4) is 0 Å². The van der Waals surface area contributed by atoms with E-state index < -0.39 is 35.3 Å². The van der Waals surface area contributed by atoms with Gasteiger partial charge >= 0.3 is 11.7 Å². The minimum atomic E-state index is -2.02. The van der Waals surface area contributed by atoms with Crippen molar-refractivity contribution in [1.82, 2.24) is 9.55 Å². The Morgan fingerprint density at radius 3 is 2.77 bits per heavy atom. The second-order valence-electron chi connectivity index (χ2n) is 5.65. The van der Waals surface area contributed by atoms with Crippen LogP contribution in [0.15, 0.2) is 17.1 Å². The predicted octanol–water partition coefficient (Wildman–Crippen LogP) is 1.39. The summed E-state index contributed by atoms with van der Waals surface area (Å²) in [6, 6.07) is 1.40. The van der Waals surface area contributed by atoms with Crippen LogP contribution in [0.3, 0.4) is 0 Å². The molecule has 1 aromatic rings. The van der Waals surface area contributed by atoms with E-state index in [4.69, 9.17) is 15.2 Å². The Hall–Kier alpha value is -1.96. The van der Waals surface area contributed by atoms with E-state index in [0.717, 1.165) is 4.57 Å². The van der Waals surface area contributed by atoms with E-state index in [1.165, 1.54) is 19.2 Å². The van der Waals surface area contributed by atoms with Crippen LogP contribution in [0, 0.1) is 5.92 Å². The largest absolute Gasteiger partial charge is 0.454 e. The van der Waals surface area contributed by atoms with Crippen LogP contribution in [0.5, 0.6) is 0 Å². The Morgan fingerprint density at radius 2 is 2.27 bits per heavy atom. The Labute approximate surface area is 127 Å². The summed E-state index contributed by atoms with van der Waals surface area (Å²) >= 11 is 0. The van der Waals surface area contributed by atoms with Gasteiger partial charge in [0, 0.05) is 19.5 Å². The van der Waals surface area contributed by atoms with Crippen molar-refractivity contribution in [2.24, 2.45) is 5.92 Å². The van der Waals surface area contributed by atoms with Crippen molar-refractivity contribution < 1.29 is 18.7 Å². The number of nitrogen functional groups attached to an aromatic ring is 1. The molecule has 1 saturated heterocycles. The van der Waals surface area contributed by atoms with E-state index in [1.54, 1.807) is 20.8 Å². The van der Waals surface area contributed by atoms with Gasteiger partial charge in [-0.05, 0) is 13.0 Å². The van der Waals surface area contributed by atoms with Crippen LogP contribution in [0.4, 0.5) is 10.2 Å². The number of alkyl halides is 1. The minimum Gasteiger partial charge on any atom is -0.454 e. The molecule has 22 heavy (non-hydrogen) atoms. The number of anilines is 1. The van der Waals surface area contributed by atoms with Gasteiger partial charge in [-0.1, -0.05) is 13.8 Å². The first-order valence-electron chi connectivity index (χ1n) is 7.05. The maximum absolute atomic E-state index is 15.0. The summed E-state index contributed by atoms with van der Waals surface area (Å²) in [5, 5.41) is 0. The second kappa shape index (κ2) is 5.35. The standard InChI is InChI=1S/C14H20FN3O4/c1-5-14(15)8(2)13(4,21-9(3)19)11(22-14)18-7-6-10(16)17-12(18)20/h6-8,11H,5H2,1-4H3,(H2,16,17,20)/t8-,11+,13+,14+/m0/s1. The third-order valence-corrected chi connectivity index (χ3v) is 4.25. The normalized spacial score (nSPS) is 34.6. The van der Waals surface area contributed by atoms with E-state index in [9.17, 15) is 14.0 Å². The van der Waals surface area contributed by atoms with Crippen LogP contribution < -0.4 is 11.4 Å². The molecule has 2 N–H and O–H groups in total. The summed E-state index contributed by atoms with van der Waals surface area (Å²) in [6.45, 7) is 5.98. The van der Waals surface area contributed by atoms with Crippen LogP contribution in [-0.2, 0) is 14.3 Å². The molecule has 8 heteroatoms. The number of halogens is 1. The van der Waals surface area contributed by atoms with Gasteiger partial charge in [0.15, 0.2) is 11.8 Å². The number of nitrogens with zero attached hydrogens (tertiary/aromatic N) is 2. The van der Waals surface area contributed by atoms with Crippen molar-refractivity contribution in [1.29, 1.82) is 0 Å². The smallest absolute Gasteiger partial charge is 0.351 e. The number of hydrogen-bond donors (Lipinski definition) is 1. The summed E-state index contributed by atoms with van der Waals surface area (Å²) in [4.78, 5) is 27.1. The summed E-state index contributed by atoms with van der Waals surface area (Å²) in [5.74, 6) is -3.33. The zero-order valence-corrected chi connectivity index (χ0v) is 13.0. The highest BCUT2D eigenvalue weighted by molar-refractivity contribution is 5.66. The third kappa shape index (κ3) is 2.47. The average molecular weight is 313 g/mol. The Morgan fingerprint density at radius 1 is 1.64 bits per heavy atom. The summed E-state index contributed by atoms with van der Waals surface area (Å²) in [6.07, 6.45) is 0.279. The molecule has 0 radical (unpaired) electrons. The first-order valence-corrected chi connectivity index (χ1v) is 7.05. The van der Waals surface area contributed by atoms with Gasteiger partial charge in [-0.15, -0.1) is 0 Å². The number of ether oxygens (including phenoxy) is 2. The lowest BCUT2D eigenvalue weighted by Crippen LogP contribution is -2.46. The van der Waals surface area contributed by atoms with Crippen LogP contribution in [0.1, 0.15) is 40.3 Å². The molecular formula is C14H20FN3O4. The van der Waals surface area contributed by atoms with E-state index in [0.29, 0.717) is 0 Å². The van der Waals surface area contributed by atoms with Crippen molar-refractivity contribution in [2.75, 3.05) is 5.73 Å². The van der Waals surface area contributed by atoms with Crippen molar-refractivity contribution >= 4 is 11.8 Å². The van der Waals surface area contributed by atoms with Crippen LogP contribution in [-0.4, -0.2) is 27.0 Å². The van der Waals surface area contributed by atoms with E-state index in [2.05, 4.69) is 4.98 Å². The molecule has 0 saturated carbocycles. The lowest BCUT2D eigenvalue weighted by atomic mass is 9.85. The van der Waals surface area contributed by atoms with Crippen molar-refractivity contribution in [2.45, 2.75) is 51.8 Å². The zero-order valence-electron chi connectivity index (χ0n) is 13.0. The highest BCUT2D eigenvalue weighted by atomic mass is 19.2. The lowest BCUT2D eigenvalue weighted by Gasteiger charge is -2.33. The Bertz CT molecular complexity index is 649. The molecular weight excluding hydrogens is 293 g/mol. The topological polar surface area (TPSA) is 96.4 Å². The zero-order chi connectivity index (χ0) is 16.7.